The average Bonchev–Trinajstić information content (AvgIpc) is 2.15. The van der Waals surface area contributed by atoms with E-state index in [-0.39, 0.29) is 6.04 Å². The Kier molecular flexibility index (Phi) is 3.36. The van der Waals surface area contributed by atoms with Crippen LogP contribution < -0.4 is 10.5 Å². The zero-order valence-electron chi connectivity index (χ0n) is 7.66. The number of benzene rings is 1. The number of hydrogen-bond acceptors (Lipinski definition) is 2. The van der Waals surface area contributed by atoms with Crippen molar-refractivity contribution in [2.75, 3.05) is 6.61 Å². The lowest BCUT2D eigenvalue weighted by atomic mass is 10.1. The summed E-state index contributed by atoms with van der Waals surface area (Å²) in [6.45, 7) is 2.24. The highest BCUT2D eigenvalue weighted by Gasteiger charge is 1.98. The van der Waals surface area contributed by atoms with E-state index in [1.54, 1.807) is 0 Å². The Morgan fingerprint density at radius 2 is 2.08 bits per heavy atom. The van der Waals surface area contributed by atoms with E-state index in [0.29, 0.717) is 6.61 Å². The second-order valence-corrected chi connectivity index (χ2v) is 2.85. The lowest BCUT2D eigenvalue weighted by molar-refractivity contribution is 0.370. The third-order valence-corrected chi connectivity index (χ3v) is 1.73. The van der Waals surface area contributed by atoms with Crippen molar-refractivity contribution in [3.63, 3.8) is 0 Å². The van der Waals surface area contributed by atoms with Crippen molar-refractivity contribution in [3.05, 3.63) is 29.8 Å². The quantitative estimate of drug-likeness (QED) is 0.710. The molecule has 1 unspecified atom stereocenters. The molecule has 0 aliphatic heterocycles. The van der Waals surface area contributed by atoms with Crippen molar-refractivity contribution in [2.45, 2.75) is 13.0 Å². The molecule has 0 amide bonds. The molecular weight excluding hydrogens is 162 g/mol. The first-order valence-electron chi connectivity index (χ1n) is 4.16. The van der Waals surface area contributed by atoms with E-state index in [1.165, 1.54) is 0 Å². The predicted octanol–water partition coefficient (Wildman–Crippen LogP) is 1.72. The summed E-state index contributed by atoms with van der Waals surface area (Å²) < 4.78 is 5.21. The summed E-state index contributed by atoms with van der Waals surface area (Å²) in [7, 11) is 0. The van der Waals surface area contributed by atoms with Gasteiger partial charge >= 0.3 is 0 Å². The van der Waals surface area contributed by atoms with Gasteiger partial charge in [0.2, 0.25) is 0 Å². The summed E-state index contributed by atoms with van der Waals surface area (Å²) in [6, 6.07) is 7.68. The molecular formula is C11H13NO. The minimum Gasteiger partial charge on any atom is -0.481 e. The molecule has 0 heterocycles. The number of nitrogens with two attached hydrogens (primary N) is 1. The molecule has 2 N–H and O–H groups in total. The zero-order valence-corrected chi connectivity index (χ0v) is 7.66. The molecule has 0 radical (unpaired) electrons. The smallest absolute Gasteiger partial charge is 0.148 e. The minimum atomic E-state index is 0.0571. The molecule has 2 nitrogen and oxygen atoms in total. The molecule has 1 atom stereocenters. The van der Waals surface area contributed by atoms with E-state index >= 15 is 0 Å². The first kappa shape index (κ1) is 9.63. The van der Waals surface area contributed by atoms with E-state index in [2.05, 4.69) is 5.92 Å². The predicted molar refractivity (Wildman–Crippen MR) is 53.4 cm³/mol. The van der Waals surface area contributed by atoms with Gasteiger partial charge in [0.05, 0.1) is 0 Å². The fourth-order valence-corrected chi connectivity index (χ4v) is 0.993. The lowest BCUT2D eigenvalue weighted by Gasteiger charge is -2.06. The molecule has 13 heavy (non-hydrogen) atoms. The van der Waals surface area contributed by atoms with Crippen LogP contribution in [0.25, 0.3) is 0 Å². The Morgan fingerprint density at radius 3 is 2.54 bits per heavy atom. The van der Waals surface area contributed by atoms with Crippen LogP contribution in [0.2, 0.25) is 0 Å². The molecule has 2 heteroatoms. The third-order valence-electron chi connectivity index (χ3n) is 1.73. The van der Waals surface area contributed by atoms with E-state index in [4.69, 9.17) is 16.9 Å². The Bertz CT molecular complexity index is 295. The van der Waals surface area contributed by atoms with Gasteiger partial charge in [0, 0.05) is 6.04 Å². The van der Waals surface area contributed by atoms with Crippen LogP contribution in [-0.2, 0) is 0 Å². The highest BCUT2D eigenvalue weighted by Crippen LogP contribution is 2.15. The maximum atomic E-state index is 5.69. The summed E-state index contributed by atoms with van der Waals surface area (Å²) in [5, 5.41) is 0. The molecule has 0 saturated heterocycles. The molecule has 1 aromatic rings. The molecule has 0 aliphatic carbocycles. The van der Waals surface area contributed by atoms with E-state index in [1.807, 2.05) is 31.2 Å². The number of ether oxygens (including phenoxy) is 1. The van der Waals surface area contributed by atoms with Gasteiger partial charge in [-0.3, -0.25) is 0 Å². The molecule has 0 saturated carbocycles. The summed E-state index contributed by atoms with van der Waals surface area (Å²) in [4.78, 5) is 0. The Balaban J connectivity index is 2.65. The van der Waals surface area contributed by atoms with Gasteiger partial charge in [-0.25, -0.2) is 0 Å². The minimum absolute atomic E-state index is 0.0571. The van der Waals surface area contributed by atoms with Gasteiger partial charge in [0.25, 0.3) is 0 Å². The molecule has 1 rings (SSSR count). The summed E-state index contributed by atoms with van der Waals surface area (Å²) in [6.07, 6.45) is 5.06. The van der Waals surface area contributed by atoms with Crippen molar-refractivity contribution in [3.8, 4) is 18.1 Å². The van der Waals surface area contributed by atoms with E-state index in [0.717, 1.165) is 11.3 Å². The van der Waals surface area contributed by atoms with Crippen LogP contribution in [-0.4, -0.2) is 6.61 Å². The van der Waals surface area contributed by atoms with Crippen LogP contribution in [0.5, 0.6) is 5.75 Å². The topological polar surface area (TPSA) is 35.2 Å². The highest BCUT2D eigenvalue weighted by molar-refractivity contribution is 5.28. The zero-order chi connectivity index (χ0) is 9.68. The van der Waals surface area contributed by atoms with Crippen molar-refractivity contribution in [1.82, 2.24) is 0 Å². The summed E-state index contributed by atoms with van der Waals surface area (Å²) in [5.41, 5.74) is 6.78. The van der Waals surface area contributed by atoms with Gasteiger partial charge in [0.15, 0.2) is 0 Å². The summed E-state index contributed by atoms with van der Waals surface area (Å²) in [5.74, 6) is 3.19. The standard InChI is InChI=1S/C11H13NO/c1-3-8-13-11-6-4-10(5-7-11)9(2)12/h1,4-7,9H,8,12H2,2H3. The molecule has 0 fully saturated rings. The van der Waals surface area contributed by atoms with Crippen LogP contribution in [0.15, 0.2) is 24.3 Å². The maximum Gasteiger partial charge on any atom is 0.148 e. The second kappa shape index (κ2) is 4.54. The van der Waals surface area contributed by atoms with Gasteiger partial charge in [0.1, 0.15) is 12.4 Å². The van der Waals surface area contributed by atoms with Crippen molar-refractivity contribution in [1.29, 1.82) is 0 Å². The fraction of sp³-hybridized carbons (Fsp3) is 0.273. The van der Waals surface area contributed by atoms with Crippen LogP contribution >= 0.6 is 0 Å². The molecule has 0 spiro atoms. The van der Waals surface area contributed by atoms with Crippen molar-refractivity contribution < 1.29 is 4.74 Å². The Hall–Kier alpha value is -1.46. The van der Waals surface area contributed by atoms with E-state index in [9.17, 15) is 0 Å². The molecule has 68 valence electrons. The molecule has 0 aliphatic rings. The van der Waals surface area contributed by atoms with Crippen LogP contribution in [0.3, 0.4) is 0 Å². The van der Waals surface area contributed by atoms with Gasteiger partial charge < -0.3 is 10.5 Å². The first-order valence-corrected chi connectivity index (χ1v) is 4.16. The Labute approximate surface area is 78.7 Å². The van der Waals surface area contributed by atoms with Crippen LogP contribution in [0.1, 0.15) is 18.5 Å². The lowest BCUT2D eigenvalue weighted by Crippen LogP contribution is -2.04. The van der Waals surface area contributed by atoms with Gasteiger partial charge in [-0.2, -0.15) is 0 Å². The SMILES string of the molecule is C#CCOc1ccc(C(C)N)cc1. The Morgan fingerprint density at radius 1 is 1.46 bits per heavy atom. The molecule has 0 aromatic heterocycles. The largest absolute Gasteiger partial charge is 0.481 e. The average molecular weight is 175 g/mol. The van der Waals surface area contributed by atoms with Crippen molar-refractivity contribution in [2.24, 2.45) is 5.73 Å². The number of hydrogen-bond donors (Lipinski definition) is 1. The number of rotatable bonds is 3. The van der Waals surface area contributed by atoms with Gasteiger partial charge in [-0.1, -0.05) is 18.1 Å². The third kappa shape index (κ3) is 2.81. The van der Waals surface area contributed by atoms with Crippen LogP contribution in [0, 0.1) is 12.3 Å². The normalized spacial score (nSPS) is 11.8. The monoisotopic (exact) mass is 175 g/mol. The van der Waals surface area contributed by atoms with Gasteiger partial charge in [-0.05, 0) is 24.6 Å². The highest BCUT2D eigenvalue weighted by atomic mass is 16.5. The van der Waals surface area contributed by atoms with Gasteiger partial charge in [-0.15, -0.1) is 6.42 Å². The van der Waals surface area contributed by atoms with Crippen LogP contribution in [0.4, 0.5) is 0 Å². The van der Waals surface area contributed by atoms with E-state index < -0.39 is 0 Å². The number of terminal acetylenes is 1. The first-order chi connectivity index (χ1) is 6.24. The summed E-state index contributed by atoms with van der Waals surface area (Å²) >= 11 is 0. The fourth-order valence-electron chi connectivity index (χ4n) is 0.993. The maximum absolute atomic E-state index is 5.69. The second-order valence-electron chi connectivity index (χ2n) is 2.85. The molecule has 0 bridgehead atoms. The van der Waals surface area contributed by atoms with Crippen molar-refractivity contribution >= 4 is 0 Å². The molecule has 1 aromatic carbocycles.